The zero-order valence-electron chi connectivity index (χ0n) is 13.5. The molecule has 0 saturated heterocycles. The maximum absolute atomic E-state index is 12.1. The fourth-order valence-corrected chi connectivity index (χ4v) is 2.84. The van der Waals surface area contributed by atoms with Gasteiger partial charge in [-0.3, -0.25) is 4.79 Å². The molecule has 24 heavy (non-hydrogen) atoms. The first-order valence-corrected chi connectivity index (χ1v) is 8.31. The summed E-state index contributed by atoms with van der Waals surface area (Å²) in [7, 11) is 0. The third-order valence-corrected chi connectivity index (χ3v) is 4.27. The summed E-state index contributed by atoms with van der Waals surface area (Å²) in [5.74, 6) is 6.59. The van der Waals surface area contributed by atoms with E-state index in [-0.39, 0.29) is 5.91 Å². The summed E-state index contributed by atoms with van der Waals surface area (Å²) in [6.45, 7) is 0.362. The summed E-state index contributed by atoms with van der Waals surface area (Å²) < 4.78 is 5.18. The number of carbonyl (C=O) groups excluding carboxylic acids is 1. The van der Waals surface area contributed by atoms with E-state index in [4.69, 9.17) is 4.42 Å². The Morgan fingerprint density at radius 2 is 1.92 bits per heavy atom. The standard InChI is InChI=1S/C20H21NO3/c22-19(21-15-18-5-4-14-24-18)17-8-6-16(7-9-17)10-13-20(23)11-2-1-3-12-20/h4-9,14,23H,1-3,11-12,15H2,(H,21,22). The number of rotatable bonds is 3. The Labute approximate surface area is 141 Å². The first-order chi connectivity index (χ1) is 11.6. The Morgan fingerprint density at radius 3 is 2.58 bits per heavy atom. The number of aliphatic hydroxyl groups is 1. The van der Waals surface area contributed by atoms with Crippen LogP contribution < -0.4 is 5.32 Å². The summed E-state index contributed by atoms with van der Waals surface area (Å²) in [5.41, 5.74) is 0.525. The molecular formula is C20H21NO3. The zero-order chi connectivity index (χ0) is 16.8. The molecule has 4 heteroatoms. The lowest BCUT2D eigenvalue weighted by Crippen LogP contribution is -2.29. The summed E-state index contributed by atoms with van der Waals surface area (Å²) in [6.07, 6.45) is 6.29. The Bertz CT molecular complexity index is 729. The monoisotopic (exact) mass is 323 g/mol. The summed E-state index contributed by atoms with van der Waals surface area (Å²) in [6, 6.07) is 10.7. The van der Waals surface area contributed by atoms with E-state index in [0.29, 0.717) is 17.9 Å². The maximum atomic E-state index is 12.1. The molecule has 0 radical (unpaired) electrons. The van der Waals surface area contributed by atoms with Gasteiger partial charge in [0.15, 0.2) is 0 Å². The largest absolute Gasteiger partial charge is 0.467 e. The highest BCUT2D eigenvalue weighted by atomic mass is 16.3. The summed E-state index contributed by atoms with van der Waals surface area (Å²) in [4.78, 5) is 12.1. The van der Waals surface area contributed by atoms with Gasteiger partial charge in [0.2, 0.25) is 0 Å². The van der Waals surface area contributed by atoms with Crippen LogP contribution in [0.4, 0.5) is 0 Å². The van der Waals surface area contributed by atoms with Crippen LogP contribution in [0.1, 0.15) is 53.8 Å². The molecule has 4 nitrogen and oxygen atoms in total. The fourth-order valence-electron chi connectivity index (χ4n) is 2.84. The molecule has 1 heterocycles. The van der Waals surface area contributed by atoms with Crippen LogP contribution in [0, 0.1) is 11.8 Å². The average molecular weight is 323 g/mol. The van der Waals surface area contributed by atoms with Crippen LogP contribution in [0.3, 0.4) is 0 Å². The zero-order valence-corrected chi connectivity index (χ0v) is 13.5. The molecule has 0 spiro atoms. The van der Waals surface area contributed by atoms with Crippen molar-refractivity contribution in [1.82, 2.24) is 5.32 Å². The van der Waals surface area contributed by atoms with Crippen LogP contribution in [-0.2, 0) is 6.54 Å². The Morgan fingerprint density at radius 1 is 1.17 bits per heavy atom. The molecule has 1 fully saturated rings. The smallest absolute Gasteiger partial charge is 0.251 e. The van der Waals surface area contributed by atoms with E-state index in [1.165, 1.54) is 6.42 Å². The predicted molar refractivity (Wildman–Crippen MR) is 91.2 cm³/mol. The van der Waals surface area contributed by atoms with Crippen molar-refractivity contribution in [1.29, 1.82) is 0 Å². The van der Waals surface area contributed by atoms with Gasteiger partial charge in [0, 0.05) is 11.1 Å². The van der Waals surface area contributed by atoms with Gasteiger partial charge in [0.1, 0.15) is 11.4 Å². The van der Waals surface area contributed by atoms with Crippen LogP contribution in [0.25, 0.3) is 0 Å². The first-order valence-electron chi connectivity index (χ1n) is 8.31. The van der Waals surface area contributed by atoms with E-state index < -0.39 is 5.60 Å². The molecule has 0 aliphatic heterocycles. The van der Waals surface area contributed by atoms with Crippen molar-refractivity contribution in [3.8, 4) is 11.8 Å². The second-order valence-corrected chi connectivity index (χ2v) is 6.18. The van der Waals surface area contributed by atoms with E-state index >= 15 is 0 Å². The molecule has 1 aliphatic carbocycles. The van der Waals surface area contributed by atoms with Crippen molar-refractivity contribution in [2.45, 2.75) is 44.2 Å². The lowest BCUT2D eigenvalue weighted by molar-refractivity contribution is 0.0610. The van der Waals surface area contributed by atoms with Gasteiger partial charge in [-0.05, 0) is 62.1 Å². The van der Waals surface area contributed by atoms with Crippen LogP contribution >= 0.6 is 0 Å². The number of hydrogen-bond donors (Lipinski definition) is 2. The molecule has 1 aromatic carbocycles. The highest BCUT2D eigenvalue weighted by molar-refractivity contribution is 5.94. The highest BCUT2D eigenvalue weighted by Gasteiger charge is 2.26. The number of benzene rings is 1. The van der Waals surface area contributed by atoms with Gasteiger partial charge in [0.25, 0.3) is 5.91 Å². The number of furan rings is 1. The van der Waals surface area contributed by atoms with Gasteiger partial charge >= 0.3 is 0 Å². The van der Waals surface area contributed by atoms with Crippen molar-refractivity contribution in [3.63, 3.8) is 0 Å². The number of amides is 1. The van der Waals surface area contributed by atoms with Crippen molar-refractivity contribution in [3.05, 3.63) is 59.5 Å². The molecule has 124 valence electrons. The normalized spacial score (nSPS) is 16.0. The van der Waals surface area contributed by atoms with E-state index in [0.717, 1.165) is 31.2 Å². The number of hydrogen-bond acceptors (Lipinski definition) is 3. The molecule has 0 unspecified atom stereocenters. The maximum Gasteiger partial charge on any atom is 0.251 e. The minimum Gasteiger partial charge on any atom is -0.467 e. The van der Waals surface area contributed by atoms with Crippen LogP contribution in [0.5, 0.6) is 0 Å². The van der Waals surface area contributed by atoms with E-state index in [9.17, 15) is 9.90 Å². The van der Waals surface area contributed by atoms with Crippen molar-refractivity contribution >= 4 is 5.91 Å². The second kappa shape index (κ2) is 7.37. The molecule has 2 N–H and O–H groups in total. The Kier molecular flexibility index (Phi) is 5.02. The summed E-state index contributed by atoms with van der Waals surface area (Å²) >= 11 is 0. The topological polar surface area (TPSA) is 62.5 Å². The van der Waals surface area contributed by atoms with Gasteiger partial charge in [0.05, 0.1) is 12.8 Å². The molecular weight excluding hydrogens is 302 g/mol. The van der Waals surface area contributed by atoms with E-state index in [2.05, 4.69) is 17.2 Å². The van der Waals surface area contributed by atoms with Gasteiger partial charge < -0.3 is 14.8 Å². The average Bonchev–Trinajstić information content (AvgIpc) is 3.13. The van der Waals surface area contributed by atoms with Gasteiger partial charge in [-0.1, -0.05) is 18.3 Å². The van der Waals surface area contributed by atoms with Crippen molar-refractivity contribution < 1.29 is 14.3 Å². The van der Waals surface area contributed by atoms with Gasteiger partial charge in [-0.25, -0.2) is 0 Å². The molecule has 1 aliphatic rings. The van der Waals surface area contributed by atoms with Gasteiger partial charge in [-0.15, -0.1) is 0 Å². The van der Waals surface area contributed by atoms with Crippen LogP contribution in [-0.4, -0.2) is 16.6 Å². The van der Waals surface area contributed by atoms with E-state index in [1.807, 2.05) is 6.07 Å². The second-order valence-electron chi connectivity index (χ2n) is 6.18. The van der Waals surface area contributed by atoms with Crippen molar-refractivity contribution in [2.24, 2.45) is 0 Å². The molecule has 1 aromatic heterocycles. The molecule has 0 bridgehead atoms. The minimum absolute atomic E-state index is 0.156. The van der Waals surface area contributed by atoms with Crippen LogP contribution in [0.15, 0.2) is 47.1 Å². The predicted octanol–water partition coefficient (Wildman–Crippen LogP) is 3.26. The van der Waals surface area contributed by atoms with Crippen molar-refractivity contribution in [2.75, 3.05) is 0 Å². The van der Waals surface area contributed by atoms with E-state index in [1.54, 1.807) is 36.6 Å². The minimum atomic E-state index is -0.850. The summed E-state index contributed by atoms with van der Waals surface area (Å²) in [5, 5.41) is 13.2. The third kappa shape index (κ3) is 4.27. The fraction of sp³-hybridized carbons (Fsp3) is 0.350. The third-order valence-electron chi connectivity index (χ3n) is 4.27. The quantitative estimate of drug-likeness (QED) is 0.852. The SMILES string of the molecule is O=C(NCc1ccco1)c1ccc(C#CC2(O)CCCCC2)cc1. The number of nitrogens with one attached hydrogen (secondary N) is 1. The Hall–Kier alpha value is -2.51. The lowest BCUT2D eigenvalue weighted by Gasteiger charge is -2.26. The van der Waals surface area contributed by atoms with Crippen LogP contribution in [0.2, 0.25) is 0 Å². The van der Waals surface area contributed by atoms with Gasteiger partial charge in [-0.2, -0.15) is 0 Å². The molecule has 0 atom stereocenters. The molecule has 2 aromatic rings. The Balaban J connectivity index is 1.60. The highest BCUT2D eigenvalue weighted by Crippen LogP contribution is 2.27. The molecule has 1 saturated carbocycles. The molecule has 3 rings (SSSR count). The lowest BCUT2D eigenvalue weighted by atomic mass is 9.85. The molecule has 1 amide bonds. The number of carbonyl (C=O) groups is 1. The first kappa shape index (κ1) is 16.4.